The Kier molecular flexibility index (Phi) is 5.43. The Bertz CT molecular complexity index is 593. The first-order valence-corrected chi connectivity index (χ1v) is 9.12. The maximum atomic E-state index is 4.58. The molecule has 0 aliphatic heterocycles. The van der Waals surface area contributed by atoms with Crippen LogP contribution in [0.3, 0.4) is 0 Å². The van der Waals surface area contributed by atoms with Crippen molar-refractivity contribution in [3.8, 4) is 11.1 Å². The van der Waals surface area contributed by atoms with Crippen molar-refractivity contribution in [2.45, 2.75) is 58.8 Å². The number of hydrogen-bond donors (Lipinski definition) is 0. The first-order chi connectivity index (χ1) is 11.2. The molecule has 0 saturated heterocycles. The fraction of sp³-hybridized carbons (Fsp3) is 0.524. The number of benzene rings is 1. The van der Waals surface area contributed by atoms with Crippen molar-refractivity contribution >= 4 is 0 Å². The molecule has 0 bridgehead atoms. The van der Waals surface area contributed by atoms with Gasteiger partial charge in [-0.2, -0.15) is 0 Å². The monoisotopic (exact) mass is 308 g/mol. The Morgan fingerprint density at radius 2 is 1.48 bits per heavy atom. The molecule has 1 fully saturated rings. The average molecular weight is 308 g/mol. The Morgan fingerprint density at radius 3 is 2.09 bits per heavy atom. The summed E-state index contributed by atoms with van der Waals surface area (Å²) in [6, 6.07) is 8.55. The zero-order valence-corrected chi connectivity index (χ0v) is 14.5. The van der Waals surface area contributed by atoms with E-state index in [1.807, 2.05) is 12.4 Å². The van der Waals surface area contributed by atoms with E-state index in [9.17, 15) is 0 Å². The first-order valence-electron chi connectivity index (χ1n) is 9.12. The van der Waals surface area contributed by atoms with Gasteiger partial charge >= 0.3 is 0 Å². The molecule has 1 aliphatic carbocycles. The summed E-state index contributed by atoms with van der Waals surface area (Å²) in [7, 11) is 0. The van der Waals surface area contributed by atoms with E-state index in [4.69, 9.17) is 0 Å². The summed E-state index contributed by atoms with van der Waals surface area (Å²) in [6.07, 6.45) is 13.2. The predicted molar refractivity (Wildman–Crippen MR) is 96.3 cm³/mol. The molecule has 1 saturated carbocycles. The third-order valence-corrected chi connectivity index (χ3v) is 5.41. The lowest BCUT2D eigenvalue weighted by atomic mass is 9.79. The minimum atomic E-state index is 0.887. The molecule has 0 radical (unpaired) electrons. The van der Waals surface area contributed by atoms with Crippen LogP contribution in [-0.4, -0.2) is 9.97 Å². The molecule has 1 heterocycles. The molecule has 1 aromatic heterocycles. The lowest BCUT2D eigenvalue weighted by molar-refractivity contribution is 0.258. The highest BCUT2D eigenvalue weighted by atomic mass is 14.9. The molecule has 0 unspecified atom stereocenters. The highest BCUT2D eigenvalue weighted by Crippen LogP contribution is 2.32. The quantitative estimate of drug-likeness (QED) is 0.718. The Hall–Kier alpha value is -1.70. The van der Waals surface area contributed by atoms with E-state index < -0.39 is 0 Å². The lowest BCUT2D eigenvalue weighted by Crippen LogP contribution is -2.15. The largest absolute Gasteiger partial charge is 0.241 e. The Labute approximate surface area is 140 Å². The average Bonchev–Trinajstić information content (AvgIpc) is 2.61. The molecule has 2 aromatic rings. The van der Waals surface area contributed by atoms with Crippen molar-refractivity contribution in [2.24, 2.45) is 11.8 Å². The number of rotatable bonds is 5. The number of hydrogen-bond acceptors (Lipinski definition) is 2. The van der Waals surface area contributed by atoms with Crippen molar-refractivity contribution in [2.75, 3.05) is 0 Å². The zero-order valence-electron chi connectivity index (χ0n) is 14.5. The van der Waals surface area contributed by atoms with E-state index in [1.165, 1.54) is 49.7 Å². The zero-order chi connectivity index (χ0) is 16.1. The number of aromatic nitrogens is 2. The SMILES string of the molecule is CCC1CCC(CCc2ncc(-c3ccc(C)cc3)cn2)CC1. The smallest absolute Gasteiger partial charge is 0.128 e. The summed E-state index contributed by atoms with van der Waals surface area (Å²) in [5, 5.41) is 0. The van der Waals surface area contributed by atoms with Crippen LogP contribution < -0.4 is 0 Å². The minimum absolute atomic E-state index is 0.887. The van der Waals surface area contributed by atoms with Crippen molar-refractivity contribution in [3.63, 3.8) is 0 Å². The summed E-state index contributed by atoms with van der Waals surface area (Å²) in [6.45, 7) is 4.44. The number of nitrogens with zero attached hydrogens (tertiary/aromatic N) is 2. The highest BCUT2D eigenvalue weighted by Gasteiger charge is 2.19. The van der Waals surface area contributed by atoms with Gasteiger partial charge in [0.25, 0.3) is 0 Å². The van der Waals surface area contributed by atoms with E-state index in [-0.39, 0.29) is 0 Å². The van der Waals surface area contributed by atoms with Gasteiger partial charge in [0, 0.05) is 24.4 Å². The second-order valence-electron chi connectivity index (χ2n) is 7.09. The molecular formula is C21H28N2. The standard InChI is InChI=1S/C21H28N2/c1-3-17-6-8-18(9-7-17)10-13-21-22-14-20(15-23-21)19-11-4-16(2)5-12-19/h4-5,11-12,14-15,17-18H,3,6-10,13H2,1-2H3. The van der Waals surface area contributed by atoms with Crippen LogP contribution in [0.1, 0.15) is 56.8 Å². The van der Waals surface area contributed by atoms with E-state index in [2.05, 4.69) is 48.1 Å². The van der Waals surface area contributed by atoms with Gasteiger partial charge < -0.3 is 0 Å². The lowest BCUT2D eigenvalue weighted by Gasteiger charge is -2.27. The van der Waals surface area contributed by atoms with Crippen LogP contribution in [0, 0.1) is 18.8 Å². The molecule has 1 aromatic carbocycles. The van der Waals surface area contributed by atoms with Crippen LogP contribution in [0.5, 0.6) is 0 Å². The van der Waals surface area contributed by atoms with Gasteiger partial charge in [0.15, 0.2) is 0 Å². The van der Waals surface area contributed by atoms with Gasteiger partial charge in [-0.25, -0.2) is 9.97 Å². The molecular weight excluding hydrogens is 280 g/mol. The second-order valence-corrected chi connectivity index (χ2v) is 7.09. The van der Waals surface area contributed by atoms with Crippen LogP contribution in [0.15, 0.2) is 36.7 Å². The first kappa shape index (κ1) is 16.2. The Balaban J connectivity index is 1.53. The van der Waals surface area contributed by atoms with E-state index in [1.54, 1.807) is 0 Å². The van der Waals surface area contributed by atoms with Gasteiger partial charge in [-0.3, -0.25) is 0 Å². The predicted octanol–water partition coefficient (Wildman–Crippen LogP) is 5.60. The van der Waals surface area contributed by atoms with Crippen molar-refractivity contribution in [1.29, 1.82) is 0 Å². The maximum absolute atomic E-state index is 4.58. The van der Waals surface area contributed by atoms with Crippen molar-refractivity contribution < 1.29 is 0 Å². The molecule has 23 heavy (non-hydrogen) atoms. The number of aryl methyl sites for hydroxylation is 2. The molecule has 0 N–H and O–H groups in total. The van der Waals surface area contributed by atoms with Gasteiger partial charge in [0.2, 0.25) is 0 Å². The molecule has 0 spiro atoms. The van der Waals surface area contributed by atoms with Crippen LogP contribution in [0.25, 0.3) is 11.1 Å². The Morgan fingerprint density at radius 1 is 0.870 bits per heavy atom. The van der Waals surface area contributed by atoms with E-state index in [0.29, 0.717) is 0 Å². The van der Waals surface area contributed by atoms with Crippen LogP contribution in [0.4, 0.5) is 0 Å². The minimum Gasteiger partial charge on any atom is -0.241 e. The third kappa shape index (κ3) is 4.40. The highest BCUT2D eigenvalue weighted by molar-refractivity contribution is 5.61. The molecule has 122 valence electrons. The maximum Gasteiger partial charge on any atom is 0.128 e. The summed E-state index contributed by atoms with van der Waals surface area (Å²) < 4.78 is 0. The van der Waals surface area contributed by atoms with Crippen molar-refractivity contribution in [3.05, 3.63) is 48.0 Å². The fourth-order valence-electron chi connectivity index (χ4n) is 3.64. The molecule has 0 atom stereocenters. The topological polar surface area (TPSA) is 25.8 Å². The summed E-state index contributed by atoms with van der Waals surface area (Å²) >= 11 is 0. The van der Waals surface area contributed by atoms with Gasteiger partial charge in [0.05, 0.1) is 0 Å². The summed E-state index contributed by atoms with van der Waals surface area (Å²) in [5.74, 6) is 2.87. The van der Waals surface area contributed by atoms with Gasteiger partial charge in [-0.05, 0) is 30.7 Å². The molecule has 3 rings (SSSR count). The summed E-state index contributed by atoms with van der Waals surface area (Å²) in [4.78, 5) is 9.16. The van der Waals surface area contributed by atoms with E-state index >= 15 is 0 Å². The molecule has 2 heteroatoms. The normalized spacial score (nSPS) is 21.3. The van der Waals surface area contributed by atoms with Crippen LogP contribution in [0.2, 0.25) is 0 Å². The van der Waals surface area contributed by atoms with E-state index in [0.717, 1.165) is 29.6 Å². The van der Waals surface area contributed by atoms with Gasteiger partial charge in [-0.1, -0.05) is 68.9 Å². The van der Waals surface area contributed by atoms with Gasteiger partial charge in [-0.15, -0.1) is 0 Å². The van der Waals surface area contributed by atoms with Crippen LogP contribution >= 0.6 is 0 Å². The van der Waals surface area contributed by atoms with Crippen LogP contribution in [-0.2, 0) is 6.42 Å². The molecule has 0 amide bonds. The van der Waals surface area contributed by atoms with Crippen molar-refractivity contribution in [1.82, 2.24) is 9.97 Å². The third-order valence-electron chi connectivity index (χ3n) is 5.41. The molecule has 2 nitrogen and oxygen atoms in total. The summed E-state index contributed by atoms with van der Waals surface area (Å²) in [5.41, 5.74) is 3.58. The fourth-order valence-corrected chi connectivity index (χ4v) is 3.64. The van der Waals surface area contributed by atoms with Gasteiger partial charge in [0.1, 0.15) is 5.82 Å². The second kappa shape index (κ2) is 7.72. The molecule has 1 aliphatic rings.